The van der Waals surface area contributed by atoms with Gasteiger partial charge in [-0.15, -0.1) is 0 Å². The predicted molar refractivity (Wildman–Crippen MR) is 147 cm³/mol. The molecule has 0 saturated heterocycles. The number of aryl methyl sites for hydroxylation is 1. The van der Waals surface area contributed by atoms with Crippen molar-refractivity contribution < 1.29 is 24.2 Å². The van der Waals surface area contributed by atoms with Gasteiger partial charge in [0.2, 0.25) is 0 Å². The minimum atomic E-state index is -0.955. The molecule has 0 aliphatic rings. The summed E-state index contributed by atoms with van der Waals surface area (Å²) in [4.78, 5) is 36.6. The Kier molecular flexibility index (Phi) is 9.03. The third-order valence-corrected chi connectivity index (χ3v) is 6.29. The van der Waals surface area contributed by atoms with Gasteiger partial charge in [0.25, 0.3) is 0 Å². The normalized spacial score (nSPS) is 11.4. The first-order chi connectivity index (χ1) is 18.5. The number of carboxylic acids is 1. The summed E-state index contributed by atoms with van der Waals surface area (Å²) in [7, 11) is 0. The molecule has 0 aliphatic carbocycles. The first-order valence-corrected chi connectivity index (χ1v) is 12.5. The number of Topliss-reactive ketones (excluding diaryl/α,β-unsaturated/α-hetero) is 1. The van der Waals surface area contributed by atoms with Crippen LogP contribution in [-0.2, 0) is 22.6 Å². The van der Waals surface area contributed by atoms with E-state index in [2.05, 4.69) is 5.32 Å². The van der Waals surface area contributed by atoms with Crippen LogP contribution in [0.4, 0.5) is 10.5 Å². The summed E-state index contributed by atoms with van der Waals surface area (Å²) in [6, 6.07) is 33.5. The van der Waals surface area contributed by atoms with Crippen LogP contribution in [0.1, 0.15) is 34.3 Å². The highest BCUT2D eigenvalue weighted by Crippen LogP contribution is 2.24. The Bertz CT molecular complexity index is 1350. The van der Waals surface area contributed by atoms with Crippen molar-refractivity contribution in [2.24, 2.45) is 5.92 Å². The average molecular weight is 508 g/mol. The standard InChI is InChI=1S/C32H29NO5/c34-30(21-28(31(35)36)12-11-23-7-3-1-4-8-23)27-15-13-25(14-16-27)26-17-19-29(20-18-26)33-32(37)38-22-24-9-5-2-6-10-24/h1-10,13-20,28H,11-12,21-22H2,(H,33,37)(H,35,36). The van der Waals surface area contributed by atoms with Crippen LogP contribution >= 0.6 is 0 Å². The van der Waals surface area contributed by atoms with E-state index in [1.165, 1.54) is 0 Å². The Morgan fingerprint density at radius 2 is 1.26 bits per heavy atom. The van der Waals surface area contributed by atoms with Gasteiger partial charge >= 0.3 is 12.1 Å². The van der Waals surface area contributed by atoms with E-state index in [-0.39, 0.29) is 18.8 Å². The maximum atomic E-state index is 12.8. The Morgan fingerprint density at radius 3 is 1.84 bits per heavy atom. The quantitative estimate of drug-likeness (QED) is 0.213. The molecule has 0 saturated carbocycles. The highest BCUT2D eigenvalue weighted by atomic mass is 16.5. The maximum Gasteiger partial charge on any atom is 0.411 e. The number of aliphatic carboxylic acids is 1. The smallest absolute Gasteiger partial charge is 0.411 e. The number of ether oxygens (including phenoxy) is 1. The minimum Gasteiger partial charge on any atom is -0.481 e. The maximum absolute atomic E-state index is 12.8. The van der Waals surface area contributed by atoms with E-state index in [0.717, 1.165) is 22.3 Å². The van der Waals surface area contributed by atoms with Gasteiger partial charge in [0.1, 0.15) is 6.61 Å². The van der Waals surface area contributed by atoms with E-state index >= 15 is 0 Å². The molecule has 0 heterocycles. The van der Waals surface area contributed by atoms with Crippen LogP contribution in [0.3, 0.4) is 0 Å². The number of anilines is 1. The molecule has 0 spiro atoms. The van der Waals surface area contributed by atoms with Crippen LogP contribution in [0.5, 0.6) is 0 Å². The molecule has 38 heavy (non-hydrogen) atoms. The van der Waals surface area contributed by atoms with Crippen molar-refractivity contribution in [3.05, 3.63) is 126 Å². The van der Waals surface area contributed by atoms with E-state index < -0.39 is 18.0 Å². The van der Waals surface area contributed by atoms with E-state index in [0.29, 0.717) is 24.1 Å². The first kappa shape index (κ1) is 26.4. The zero-order chi connectivity index (χ0) is 26.7. The van der Waals surface area contributed by atoms with E-state index in [9.17, 15) is 19.5 Å². The number of carboxylic acid groups (broad SMARTS) is 1. The second kappa shape index (κ2) is 13.0. The molecular formula is C32H29NO5. The molecule has 0 aliphatic heterocycles. The molecule has 6 heteroatoms. The summed E-state index contributed by atoms with van der Waals surface area (Å²) in [5.41, 5.74) is 4.87. The van der Waals surface area contributed by atoms with Gasteiger partial charge in [-0.2, -0.15) is 0 Å². The molecule has 0 fully saturated rings. The Hall–Kier alpha value is -4.71. The molecule has 4 aromatic carbocycles. The average Bonchev–Trinajstić information content (AvgIpc) is 2.95. The van der Waals surface area contributed by atoms with Gasteiger partial charge in [-0.25, -0.2) is 4.79 Å². The summed E-state index contributed by atoms with van der Waals surface area (Å²) < 4.78 is 5.24. The van der Waals surface area contributed by atoms with Gasteiger partial charge in [0, 0.05) is 17.7 Å². The molecule has 6 nitrogen and oxygen atoms in total. The lowest BCUT2D eigenvalue weighted by molar-refractivity contribution is -0.141. The van der Waals surface area contributed by atoms with Crippen molar-refractivity contribution in [3.8, 4) is 11.1 Å². The number of nitrogens with one attached hydrogen (secondary N) is 1. The van der Waals surface area contributed by atoms with Crippen molar-refractivity contribution in [2.45, 2.75) is 25.9 Å². The Labute approximate surface area is 221 Å². The lowest BCUT2D eigenvalue weighted by Crippen LogP contribution is -2.19. The van der Waals surface area contributed by atoms with Crippen LogP contribution in [0.15, 0.2) is 109 Å². The molecule has 0 aromatic heterocycles. The molecule has 4 aromatic rings. The van der Waals surface area contributed by atoms with Gasteiger partial charge in [-0.05, 0) is 47.2 Å². The minimum absolute atomic E-state index is 0.0394. The van der Waals surface area contributed by atoms with Gasteiger partial charge in [0.15, 0.2) is 5.78 Å². The van der Waals surface area contributed by atoms with Gasteiger partial charge < -0.3 is 9.84 Å². The summed E-state index contributed by atoms with van der Waals surface area (Å²) in [5.74, 6) is -1.88. The lowest BCUT2D eigenvalue weighted by Gasteiger charge is -2.12. The highest BCUT2D eigenvalue weighted by molar-refractivity contribution is 5.98. The van der Waals surface area contributed by atoms with Crippen LogP contribution in [0, 0.1) is 5.92 Å². The molecule has 1 amide bonds. The second-order valence-corrected chi connectivity index (χ2v) is 9.03. The van der Waals surface area contributed by atoms with Crippen molar-refractivity contribution in [1.29, 1.82) is 0 Å². The van der Waals surface area contributed by atoms with Crippen molar-refractivity contribution in [1.82, 2.24) is 0 Å². The first-order valence-electron chi connectivity index (χ1n) is 12.5. The molecule has 192 valence electrons. The number of hydrogen-bond donors (Lipinski definition) is 2. The van der Waals surface area contributed by atoms with Gasteiger partial charge in [-0.3, -0.25) is 14.9 Å². The molecule has 1 atom stereocenters. The molecular weight excluding hydrogens is 478 g/mol. The third kappa shape index (κ3) is 7.64. The third-order valence-electron chi connectivity index (χ3n) is 6.29. The lowest BCUT2D eigenvalue weighted by atomic mass is 9.92. The van der Waals surface area contributed by atoms with Gasteiger partial charge in [-0.1, -0.05) is 97.1 Å². The summed E-state index contributed by atoms with van der Waals surface area (Å²) in [6.07, 6.45) is 0.443. The van der Waals surface area contributed by atoms with E-state index in [1.807, 2.05) is 84.9 Å². The molecule has 2 N–H and O–H groups in total. The topological polar surface area (TPSA) is 92.7 Å². The number of benzene rings is 4. The molecule has 0 radical (unpaired) electrons. The SMILES string of the molecule is O=C(Nc1ccc(-c2ccc(C(=O)CC(CCc3ccccc3)C(=O)O)cc2)cc1)OCc1ccccc1. The Morgan fingerprint density at radius 1 is 0.711 bits per heavy atom. The van der Waals surface area contributed by atoms with Crippen LogP contribution in [0.2, 0.25) is 0 Å². The van der Waals surface area contributed by atoms with Crippen LogP contribution in [0.25, 0.3) is 11.1 Å². The van der Waals surface area contributed by atoms with E-state index in [1.54, 1.807) is 24.3 Å². The summed E-state index contributed by atoms with van der Waals surface area (Å²) >= 11 is 0. The van der Waals surface area contributed by atoms with Crippen molar-refractivity contribution >= 4 is 23.5 Å². The fourth-order valence-electron chi connectivity index (χ4n) is 4.11. The number of carbonyl (C=O) groups excluding carboxylic acids is 2. The summed E-state index contributed by atoms with van der Waals surface area (Å²) in [5, 5.41) is 12.3. The van der Waals surface area contributed by atoms with Gasteiger partial charge in [0.05, 0.1) is 5.92 Å². The Balaban J connectivity index is 1.30. The number of carbonyl (C=O) groups is 3. The molecule has 1 unspecified atom stereocenters. The second-order valence-electron chi connectivity index (χ2n) is 9.03. The summed E-state index contributed by atoms with van der Waals surface area (Å²) in [6.45, 7) is 0.191. The van der Waals surface area contributed by atoms with Crippen LogP contribution < -0.4 is 5.32 Å². The van der Waals surface area contributed by atoms with E-state index in [4.69, 9.17) is 4.74 Å². The number of ketones is 1. The largest absolute Gasteiger partial charge is 0.481 e. The monoisotopic (exact) mass is 507 g/mol. The number of hydrogen-bond acceptors (Lipinski definition) is 4. The van der Waals surface area contributed by atoms with Crippen LogP contribution in [-0.4, -0.2) is 23.0 Å². The number of amides is 1. The fourth-order valence-corrected chi connectivity index (χ4v) is 4.11. The van der Waals surface area contributed by atoms with Crippen molar-refractivity contribution in [3.63, 3.8) is 0 Å². The predicted octanol–water partition coefficient (Wildman–Crippen LogP) is 7.01. The highest BCUT2D eigenvalue weighted by Gasteiger charge is 2.22. The zero-order valence-electron chi connectivity index (χ0n) is 20.9. The fraction of sp³-hybridized carbons (Fsp3) is 0.156. The molecule has 0 bridgehead atoms. The molecule has 4 rings (SSSR count). The zero-order valence-corrected chi connectivity index (χ0v) is 20.9. The van der Waals surface area contributed by atoms with Crippen molar-refractivity contribution in [2.75, 3.05) is 5.32 Å². The number of rotatable bonds is 11.